The maximum atomic E-state index is 3.44. The SMILES string of the molecule is c1ccc(SCCN2CCC(N3CCNCC3)C2)cc1. The molecule has 1 aromatic carbocycles. The van der Waals surface area contributed by atoms with E-state index in [1.54, 1.807) is 0 Å². The van der Waals surface area contributed by atoms with E-state index in [1.807, 2.05) is 11.8 Å². The summed E-state index contributed by atoms with van der Waals surface area (Å²) in [6, 6.07) is 11.6. The molecule has 1 N–H and O–H groups in total. The van der Waals surface area contributed by atoms with Gasteiger partial charge in [-0.15, -0.1) is 11.8 Å². The van der Waals surface area contributed by atoms with E-state index in [0.717, 1.165) is 6.04 Å². The summed E-state index contributed by atoms with van der Waals surface area (Å²) in [5.41, 5.74) is 0. The number of piperazine rings is 1. The van der Waals surface area contributed by atoms with Crippen molar-refractivity contribution in [2.75, 3.05) is 51.6 Å². The number of nitrogens with zero attached hydrogens (tertiary/aromatic N) is 2. The number of thioether (sulfide) groups is 1. The molecule has 0 saturated carbocycles. The molecule has 1 atom stereocenters. The molecule has 0 amide bonds. The lowest BCUT2D eigenvalue weighted by Gasteiger charge is -2.32. The van der Waals surface area contributed by atoms with Crippen LogP contribution in [0.2, 0.25) is 0 Å². The van der Waals surface area contributed by atoms with Crippen LogP contribution in [0.1, 0.15) is 6.42 Å². The number of rotatable bonds is 5. The average molecular weight is 291 g/mol. The standard InChI is InChI=1S/C16H25N3S/c1-2-4-16(5-3-1)20-13-12-18-9-6-15(14-18)19-10-7-17-8-11-19/h1-5,15,17H,6-14H2. The molecule has 1 unspecified atom stereocenters. The second-order valence-corrected chi connectivity index (χ2v) is 6.86. The summed E-state index contributed by atoms with van der Waals surface area (Å²) in [5, 5.41) is 3.44. The third-order valence-electron chi connectivity index (χ3n) is 4.33. The third-order valence-corrected chi connectivity index (χ3v) is 5.33. The van der Waals surface area contributed by atoms with E-state index in [9.17, 15) is 0 Å². The Labute approximate surface area is 126 Å². The highest BCUT2D eigenvalue weighted by Crippen LogP contribution is 2.20. The van der Waals surface area contributed by atoms with Crippen LogP contribution >= 0.6 is 11.8 Å². The molecule has 2 aliphatic heterocycles. The normalized spacial score (nSPS) is 25.1. The quantitative estimate of drug-likeness (QED) is 0.833. The van der Waals surface area contributed by atoms with Gasteiger partial charge in [0.1, 0.15) is 0 Å². The molecule has 1 aromatic rings. The molecular formula is C16H25N3S. The van der Waals surface area contributed by atoms with Crippen molar-refractivity contribution in [2.24, 2.45) is 0 Å². The van der Waals surface area contributed by atoms with Gasteiger partial charge in [0.15, 0.2) is 0 Å². The summed E-state index contributed by atoms with van der Waals surface area (Å²) in [7, 11) is 0. The van der Waals surface area contributed by atoms with Crippen LogP contribution in [0.3, 0.4) is 0 Å². The van der Waals surface area contributed by atoms with Crippen molar-refractivity contribution in [2.45, 2.75) is 17.4 Å². The van der Waals surface area contributed by atoms with E-state index >= 15 is 0 Å². The van der Waals surface area contributed by atoms with Crippen LogP contribution in [-0.4, -0.2) is 67.4 Å². The molecular weight excluding hydrogens is 266 g/mol. The van der Waals surface area contributed by atoms with Crippen molar-refractivity contribution in [3.63, 3.8) is 0 Å². The number of hydrogen-bond acceptors (Lipinski definition) is 4. The minimum Gasteiger partial charge on any atom is -0.314 e. The van der Waals surface area contributed by atoms with Crippen molar-refractivity contribution in [1.29, 1.82) is 0 Å². The maximum Gasteiger partial charge on any atom is 0.0236 e. The van der Waals surface area contributed by atoms with Gasteiger partial charge in [0.2, 0.25) is 0 Å². The second kappa shape index (κ2) is 7.46. The van der Waals surface area contributed by atoms with E-state index < -0.39 is 0 Å². The van der Waals surface area contributed by atoms with Gasteiger partial charge in [-0.1, -0.05) is 18.2 Å². The topological polar surface area (TPSA) is 18.5 Å². The summed E-state index contributed by atoms with van der Waals surface area (Å²) >= 11 is 1.98. The van der Waals surface area contributed by atoms with Gasteiger partial charge in [-0.2, -0.15) is 0 Å². The Morgan fingerprint density at radius 2 is 1.90 bits per heavy atom. The van der Waals surface area contributed by atoms with Crippen LogP contribution in [0.15, 0.2) is 35.2 Å². The van der Waals surface area contributed by atoms with Gasteiger partial charge >= 0.3 is 0 Å². The molecule has 2 heterocycles. The first-order valence-electron chi connectivity index (χ1n) is 7.77. The minimum atomic E-state index is 0.804. The summed E-state index contributed by atoms with van der Waals surface area (Å²) < 4.78 is 0. The third kappa shape index (κ3) is 3.98. The Kier molecular flexibility index (Phi) is 5.36. The molecule has 20 heavy (non-hydrogen) atoms. The zero-order valence-electron chi connectivity index (χ0n) is 12.1. The predicted molar refractivity (Wildman–Crippen MR) is 86.5 cm³/mol. The first-order chi connectivity index (χ1) is 9.92. The zero-order chi connectivity index (χ0) is 13.6. The lowest BCUT2D eigenvalue weighted by Crippen LogP contribution is -2.49. The molecule has 2 fully saturated rings. The van der Waals surface area contributed by atoms with Gasteiger partial charge < -0.3 is 10.2 Å². The fourth-order valence-electron chi connectivity index (χ4n) is 3.17. The van der Waals surface area contributed by atoms with Crippen LogP contribution in [0.4, 0.5) is 0 Å². The van der Waals surface area contributed by atoms with Crippen LogP contribution in [0.25, 0.3) is 0 Å². The molecule has 2 aliphatic rings. The summed E-state index contributed by atoms with van der Waals surface area (Å²) in [6.07, 6.45) is 1.36. The highest BCUT2D eigenvalue weighted by molar-refractivity contribution is 7.99. The first-order valence-corrected chi connectivity index (χ1v) is 8.75. The van der Waals surface area contributed by atoms with Crippen LogP contribution in [0, 0.1) is 0 Å². The fourth-order valence-corrected chi connectivity index (χ4v) is 4.10. The van der Waals surface area contributed by atoms with Gasteiger partial charge in [-0.3, -0.25) is 4.90 Å². The van der Waals surface area contributed by atoms with Crippen molar-refractivity contribution < 1.29 is 0 Å². The van der Waals surface area contributed by atoms with Crippen molar-refractivity contribution in [3.8, 4) is 0 Å². The molecule has 0 aromatic heterocycles. The predicted octanol–water partition coefficient (Wildman–Crippen LogP) is 1.76. The van der Waals surface area contributed by atoms with Crippen molar-refractivity contribution in [3.05, 3.63) is 30.3 Å². The van der Waals surface area contributed by atoms with E-state index in [0.29, 0.717) is 0 Å². The van der Waals surface area contributed by atoms with Crippen molar-refractivity contribution >= 4 is 11.8 Å². The molecule has 0 bridgehead atoms. The Morgan fingerprint density at radius 3 is 2.70 bits per heavy atom. The minimum absolute atomic E-state index is 0.804. The summed E-state index contributed by atoms with van der Waals surface area (Å²) in [5.74, 6) is 1.21. The first kappa shape index (κ1) is 14.4. The zero-order valence-corrected chi connectivity index (χ0v) is 12.9. The molecule has 0 aliphatic carbocycles. The molecule has 4 heteroatoms. The van der Waals surface area contributed by atoms with Gasteiger partial charge in [-0.05, 0) is 25.1 Å². The second-order valence-electron chi connectivity index (χ2n) is 5.69. The monoisotopic (exact) mass is 291 g/mol. The summed E-state index contributed by atoms with van der Waals surface area (Å²) in [4.78, 5) is 6.72. The number of benzene rings is 1. The number of likely N-dealkylation sites (tertiary alicyclic amines) is 1. The highest BCUT2D eigenvalue weighted by atomic mass is 32.2. The number of hydrogen-bond donors (Lipinski definition) is 1. The lowest BCUT2D eigenvalue weighted by molar-refractivity contribution is 0.173. The van der Waals surface area contributed by atoms with E-state index in [4.69, 9.17) is 0 Å². The van der Waals surface area contributed by atoms with Crippen LogP contribution in [0.5, 0.6) is 0 Å². The maximum absolute atomic E-state index is 3.44. The molecule has 0 radical (unpaired) electrons. The van der Waals surface area contributed by atoms with Gasteiger partial charge in [0, 0.05) is 56.0 Å². The Hall–Kier alpha value is -0.550. The van der Waals surface area contributed by atoms with E-state index in [1.165, 1.54) is 62.9 Å². The number of nitrogens with one attached hydrogen (secondary N) is 1. The smallest absolute Gasteiger partial charge is 0.0236 e. The average Bonchev–Trinajstić information content (AvgIpc) is 2.98. The fraction of sp³-hybridized carbons (Fsp3) is 0.625. The molecule has 3 rings (SSSR count). The van der Waals surface area contributed by atoms with E-state index in [-0.39, 0.29) is 0 Å². The Balaban J connectivity index is 1.37. The van der Waals surface area contributed by atoms with E-state index in [2.05, 4.69) is 45.4 Å². The van der Waals surface area contributed by atoms with Crippen molar-refractivity contribution in [1.82, 2.24) is 15.1 Å². The summed E-state index contributed by atoms with van der Waals surface area (Å²) in [6.45, 7) is 8.58. The lowest BCUT2D eigenvalue weighted by atomic mass is 10.2. The van der Waals surface area contributed by atoms with Gasteiger partial charge in [0.25, 0.3) is 0 Å². The molecule has 3 nitrogen and oxygen atoms in total. The van der Waals surface area contributed by atoms with Crippen LogP contribution in [-0.2, 0) is 0 Å². The Bertz CT molecular complexity index is 392. The largest absolute Gasteiger partial charge is 0.314 e. The van der Waals surface area contributed by atoms with Crippen LogP contribution < -0.4 is 5.32 Å². The van der Waals surface area contributed by atoms with Gasteiger partial charge in [-0.25, -0.2) is 0 Å². The molecule has 0 spiro atoms. The Morgan fingerprint density at radius 1 is 1.10 bits per heavy atom. The highest BCUT2D eigenvalue weighted by Gasteiger charge is 2.27. The molecule has 2 saturated heterocycles. The van der Waals surface area contributed by atoms with Gasteiger partial charge in [0.05, 0.1) is 0 Å². The molecule has 110 valence electrons.